The molecule has 3 heteroatoms. The van der Waals surface area contributed by atoms with E-state index >= 15 is 0 Å². The zero-order valence-electron chi connectivity index (χ0n) is 8.75. The third-order valence-corrected chi connectivity index (χ3v) is 2.76. The largest absolute Gasteiger partial charge is 0.380 e. The molecule has 3 N–H and O–H groups in total. The molecule has 78 valence electrons. The van der Waals surface area contributed by atoms with Crippen LogP contribution in [0, 0.1) is 0 Å². The summed E-state index contributed by atoms with van der Waals surface area (Å²) in [7, 11) is 1.80. The van der Waals surface area contributed by atoms with E-state index in [0.29, 0.717) is 18.2 Å². The Morgan fingerprint density at radius 3 is 2.92 bits per heavy atom. The van der Waals surface area contributed by atoms with Gasteiger partial charge < -0.3 is 15.8 Å². The van der Waals surface area contributed by atoms with Gasteiger partial charge in [0.05, 0.1) is 6.10 Å². The molecule has 3 atom stereocenters. The summed E-state index contributed by atoms with van der Waals surface area (Å²) in [5.41, 5.74) is 5.67. The molecule has 3 unspecified atom stereocenters. The molecule has 0 heterocycles. The first-order valence-corrected chi connectivity index (χ1v) is 5.25. The van der Waals surface area contributed by atoms with E-state index in [1.54, 1.807) is 7.11 Å². The van der Waals surface area contributed by atoms with Gasteiger partial charge in [0.1, 0.15) is 0 Å². The Labute approximate surface area is 81.0 Å². The zero-order valence-corrected chi connectivity index (χ0v) is 8.75. The number of methoxy groups -OCH3 is 1. The predicted molar refractivity (Wildman–Crippen MR) is 54.7 cm³/mol. The maximum absolute atomic E-state index is 5.67. The second-order valence-electron chi connectivity index (χ2n) is 4.03. The third kappa shape index (κ3) is 3.63. The quantitative estimate of drug-likeness (QED) is 0.670. The molecule has 0 aromatic heterocycles. The van der Waals surface area contributed by atoms with Crippen molar-refractivity contribution in [3.8, 4) is 0 Å². The molecule has 0 bridgehead atoms. The highest BCUT2D eigenvalue weighted by atomic mass is 16.5. The summed E-state index contributed by atoms with van der Waals surface area (Å²) in [6.45, 7) is 3.06. The fraction of sp³-hybridized carbons (Fsp3) is 1.00. The monoisotopic (exact) mass is 186 g/mol. The van der Waals surface area contributed by atoms with Crippen molar-refractivity contribution >= 4 is 0 Å². The lowest BCUT2D eigenvalue weighted by Gasteiger charge is -2.20. The normalized spacial score (nSPS) is 30.7. The molecule has 0 amide bonds. The van der Waals surface area contributed by atoms with Gasteiger partial charge in [0.25, 0.3) is 0 Å². The van der Waals surface area contributed by atoms with Crippen molar-refractivity contribution < 1.29 is 4.74 Å². The number of ether oxygens (including phenoxy) is 1. The average Bonchev–Trinajstić information content (AvgIpc) is 2.51. The van der Waals surface area contributed by atoms with Gasteiger partial charge in [0.2, 0.25) is 0 Å². The smallest absolute Gasteiger partial charge is 0.0724 e. The summed E-state index contributed by atoms with van der Waals surface area (Å²) >= 11 is 0. The van der Waals surface area contributed by atoms with Crippen LogP contribution in [0.25, 0.3) is 0 Å². The highest BCUT2D eigenvalue weighted by Gasteiger charge is 2.25. The summed E-state index contributed by atoms with van der Waals surface area (Å²) in [6.07, 6.45) is 5.21. The number of nitrogens with one attached hydrogen (secondary N) is 1. The van der Waals surface area contributed by atoms with Crippen LogP contribution < -0.4 is 11.1 Å². The Balaban J connectivity index is 2.13. The molecule has 1 aliphatic carbocycles. The fourth-order valence-electron chi connectivity index (χ4n) is 1.94. The van der Waals surface area contributed by atoms with Crippen LogP contribution in [0.3, 0.4) is 0 Å². The van der Waals surface area contributed by atoms with E-state index < -0.39 is 0 Å². The third-order valence-electron chi connectivity index (χ3n) is 2.76. The molecule has 0 radical (unpaired) electrons. The lowest BCUT2D eigenvalue weighted by molar-refractivity contribution is 0.0851. The Morgan fingerprint density at radius 1 is 1.54 bits per heavy atom. The molecule has 13 heavy (non-hydrogen) atoms. The van der Waals surface area contributed by atoms with Crippen LogP contribution in [-0.2, 0) is 4.74 Å². The van der Waals surface area contributed by atoms with Crippen LogP contribution in [0.5, 0.6) is 0 Å². The summed E-state index contributed by atoms with van der Waals surface area (Å²) in [5.74, 6) is 0. The van der Waals surface area contributed by atoms with Gasteiger partial charge in [-0.2, -0.15) is 0 Å². The lowest BCUT2D eigenvalue weighted by Crippen LogP contribution is -2.38. The highest BCUT2D eigenvalue weighted by molar-refractivity contribution is 4.83. The van der Waals surface area contributed by atoms with Gasteiger partial charge in [-0.05, 0) is 39.2 Å². The summed E-state index contributed by atoms with van der Waals surface area (Å²) < 4.78 is 5.39. The average molecular weight is 186 g/mol. The van der Waals surface area contributed by atoms with Gasteiger partial charge in [0.15, 0.2) is 0 Å². The Hall–Kier alpha value is -0.120. The van der Waals surface area contributed by atoms with E-state index in [0.717, 1.165) is 13.0 Å². The topological polar surface area (TPSA) is 47.3 Å². The van der Waals surface area contributed by atoms with Crippen molar-refractivity contribution in [1.29, 1.82) is 0 Å². The maximum Gasteiger partial charge on any atom is 0.0724 e. The minimum absolute atomic E-state index is 0.301. The molecule has 1 saturated carbocycles. The molecule has 0 aromatic rings. The van der Waals surface area contributed by atoms with Crippen LogP contribution in [0.15, 0.2) is 0 Å². The molecular weight excluding hydrogens is 164 g/mol. The first kappa shape index (κ1) is 11.0. The maximum atomic E-state index is 5.67. The van der Waals surface area contributed by atoms with E-state index in [4.69, 9.17) is 10.5 Å². The molecule has 0 aliphatic heterocycles. The van der Waals surface area contributed by atoms with Gasteiger partial charge >= 0.3 is 0 Å². The molecule has 1 rings (SSSR count). The van der Waals surface area contributed by atoms with Crippen molar-refractivity contribution in [1.82, 2.24) is 5.32 Å². The second kappa shape index (κ2) is 5.58. The van der Waals surface area contributed by atoms with Crippen molar-refractivity contribution in [2.45, 2.75) is 50.8 Å². The van der Waals surface area contributed by atoms with Crippen LogP contribution in [-0.4, -0.2) is 31.8 Å². The minimum Gasteiger partial charge on any atom is -0.380 e. The van der Waals surface area contributed by atoms with E-state index in [1.165, 1.54) is 19.3 Å². The van der Waals surface area contributed by atoms with Crippen molar-refractivity contribution in [2.75, 3.05) is 13.7 Å². The van der Waals surface area contributed by atoms with Gasteiger partial charge in [0, 0.05) is 19.2 Å². The molecule has 3 nitrogen and oxygen atoms in total. The molecule has 0 saturated heterocycles. The standard InChI is InChI=1S/C10H22N2O/c1-8(11)6-7-12-9-4-3-5-10(9)13-2/h8-10,12H,3-7,11H2,1-2H3. The molecule has 1 aliphatic rings. The van der Waals surface area contributed by atoms with Crippen LogP contribution in [0.1, 0.15) is 32.6 Å². The Kier molecular flexibility index (Phi) is 4.70. The summed E-state index contributed by atoms with van der Waals surface area (Å²) in [6, 6.07) is 0.860. The van der Waals surface area contributed by atoms with Gasteiger partial charge in [-0.15, -0.1) is 0 Å². The summed E-state index contributed by atoms with van der Waals surface area (Å²) in [4.78, 5) is 0. The Morgan fingerprint density at radius 2 is 2.31 bits per heavy atom. The van der Waals surface area contributed by atoms with Gasteiger partial charge in [-0.3, -0.25) is 0 Å². The molecular formula is C10H22N2O. The first-order chi connectivity index (χ1) is 6.24. The van der Waals surface area contributed by atoms with Gasteiger partial charge in [-0.1, -0.05) is 0 Å². The molecule has 0 aromatic carbocycles. The lowest BCUT2D eigenvalue weighted by atomic mass is 10.2. The van der Waals surface area contributed by atoms with Crippen molar-refractivity contribution in [3.05, 3.63) is 0 Å². The van der Waals surface area contributed by atoms with E-state index in [9.17, 15) is 0 Å². The van der Waals surface area contributed by atoms with Crippen LogP contribution >= 0.6 is 0 Å². The van der Waals surface area contributed by atoms with E-state index in [-0.39, 0.29) is 0 Å². The van der Waals surface area contributed by atoms with Crippen LogP contribution in [0.4, 0.5) is 0 Å². The highest BCUT2D eigenvalue weighted by Crippen LogP contribution is 2.21. The second-order valence-corrected chi connectivity index (χ2v) is 4.03. The molecule has 0 spiro atoms. The first-order valence-electron chi connectivity index (χ1n) is 5.25. The van der Waals surface area contributed by atoms with Crippen molar-refractivity contribution in [3.63, 3.8) is 0 Å². The zero-order chi connectivity index (χ0) is 9.68. The molecule has 1 fully saturated rings. The number of hydrogen-bond donors (Lipinski definition) is 2. The predicted octanol–water partition coefficient (Wildman–Crippen LogP) is 0.881. The van der Waals surface area contributed by atoms with Crippen LogP contribution in [0.2, 0.25) is 0 Å². The SMILES string of the molecule is COC1CCCC1NCCC(C)N. The number of nitrogens with two attached hydrogens (primary N) is 1. The minimum atomic E-state index is 0.301. The fourth-order valence-corrected chi connectivity index (χ4v) is 1.94. The summed E-state index contributed by atoms with van der Waals surface area (Å²) in [5, 5.41) is 3.51. The number of rotatable bonds is 5. The van der Waals surface area contributed by atoms with Crippen molar-refractivity contribution in [2.24, 2.45) is 5.73 Å². The van der Waals surface area contributed by atoms with E-state index in [1.807, 2.05) is 6.92 Å². The van der Waals surface area contributed by atoms with Gasteiger partial charge in [-0.25, -0.2) is 0 Å². The van der Waals surface area contributed by atoms with E-state index in [2.05, 4.69) is 5.32 Å². The Bertz CT molecular complexity index is 139. The number of hydrogen-bond acceptors (Lipinski definition) is 3.